The lowest BCUT2D eigenvalue weighted by Gasteiger charge is -2.14. The van der Waals surface area contributed by atoms with E-state index in [4.69, 9.17) is 16.6 Å². The molecule has 0 spiro atoms. The molecular weight excluding hydrogens is 400 g/mol. The Kier molecular flexibility index (Phi) is 5.48. The van der Waals surface area contributed by atoms with Gasteiger partial charge in [-0.05, 0) is 67.8 Å². The highest BCUT2D eigenvalue weighted by molar-refractivity contribution is 7.98. The van der Waals surface area contributed by atoms with Gasteiger partial charge in [-0.25, -0.2) is 4.98 Å². The second-order valence-corrected chi connectivity index (χ2v) is 8.63. The van der Waals surface area contributed by atoms with E-state index in [2.05, 4.69) is 32.0 Å². The first-order valence-electron chi connectivity index (χ1n) is 9.40. The van der Waals surface area contributed by atoms with Crippen LogP contribution in [0.2, 0.25) is 5.02 Å². The quantitative estimate of drug-likeness (QED) is 0.289. The molecule has 0 unspecified atom stereocenters. The number of benzene rings is 3. The first-order chi connectivity index (χ1) is 13.9. The number of thioether (sulfide) groups is 1. The Labute approximate surface area is 179 Å². The van der Waals surface area contributed by atoms with Crippen LogP contribution in [0.5, 0.6) is 0 Å². The van der Waals surface area contributed by atoms with Gasteiger partial charge in [0.15, 0.2) is 5.16 Å². The van der Waals surface area contributed by atoms with E-state index >= 15 is 0 Å². The van der Waals surface area contributed by atoms with Gasteiger partial charge in [0.05, 0.1) is 16.6 Å². The molecule has 0 fully saturated rings. The van der Waals surface area contributed by atoms with Crippen LogP contribution >= 0.6 is 23.4 Å². The number of halogens is 1. The fourth-order valence-corrected chi connectivity index (χ4v) is 4.57. The van der Waals surface area contributed by atoms with E-state index in [1.807, 2.05) is 31.2 Å². The van der Waals surface area contributed by atoms with Crippen LogP contribution in [-0.4, -0.2) is 9.55 Å². The van der Waals surface area contributed by atoms with E-state index in [9.17, 15) is 4.79 Å². The highest BCUT2D eigenvalue weighted by atomic mass is 35.5. The zero-order valence-electron chi connectivity index (χ0n) is 16.6. The molecule has 0 aliphatic heterocycles. The maximum Gasteiger partial charge on any atom is 0.266 e. The zero-order valence-corrected chi connectivity index (χ0v) is 18.1. The molecule has 1 aromatic heterocycles. The van der Waals surface area contributed by atoms with Crippen LogP contribution < -0.4 is 5.56 Å². The molecule has 4 rings (SSSR count). The fraction of sp³-hybridized carbons (Fsp3) is 0.167. The Morgan fingerprint density at radius 1 is 0.966 bits per heavy atom. The molecule has 0 saturated carbocycles. The van der Waals surface area contributed by atoms with Gasteiger partial charge in [0, 0.05) is 10.8 Å². The van der Waals surface area contributed by atoms with Crippen molar-refractivity contribution in [2.24, 2.45) is 0 Å². The molecule has 5 heteroatoms. The first-order valence-corrected chi connectivity index (χ1v) is 10.8. The van der Waals surface area contributed by atoms with Crippen molar-refractivity contribution >= 4 is 34.3 Å². The van der Waals surface area contributed by atoms with Gasteiger partial charge in [0.25, 0.3) is 5.56 Å². The lowest BCUT2D eigenvalue weighted by molar-refractivity contribution is 0.818. The molecule has 3 aromatic carbocycles. The topological polar surface area (TPSA) is 34.9 Å². The molecule has 0 bridgehead atoms. The molecule has 0 amide bonds. The van der Waals surface area contributed by atoms with Gasteiger partial charge >= 0.3 is 0 Å². The number of hydrogen-bond donors (Lipinski definition) is 0. The summed E-state index contributed by atoms with van der Waals surface area (Å²) in [5, 5.41) is 1.80. The molecule has 0 N–H and O–H groups in total. The van der Waals surface area contributed by atoms with Crippen LogP contribution in [0, 0.1) is 20.8 Å². The van der Waals surface area contributed by atoms with E-state index in [0.29, 0.717) is 21.1 Å². The number of nitrogens with zero attached hydrogens (tertiary/aromatic N) is 2. The SMILES string of the molecule is Cc1cccc(-n2c(SCc3cc(C)ccc3C)nc3cc(Cl)ccc3c2=O)c1. The van der Waals surface area contributed by atoms with Gasteiger partial charge in [0.2, 0.25) is 0 Å². The van der Waals surface area contributed by atoms with Crippen LogP contribution in [0.25, 0.3) is 16.6 Å². The normalized spacial score (nSPS) is 11.2. The van der Waals surface area contributed by atoms with E-state index in [0.717, 1.165) is 17.0 Å². The van der Waals surface area contributed by atoms with Crippen molar-refractivity contribution in [2.45, 2.75) is 31.7 Å². The average Bonchev–Trinajstić information content (AvgIpc) is 2.68. The summed E-state index contributed by atoms with van der Waals surface area (Å²) in [5.74, 6) is 0.734. The number of hydrogen-bond acceptors (Lipinski definition) is 3. The van der Waals surface area contributed by atoms with E-state index in [-0.39, 0.29) is 5.56 Å². The van der Waals surface area contributed by atoms with Crippen molar-refractivity contribution in [3.63, 3.8) is 0 Å². The van der Waals surface area contributed by atoms with Crippen molar-refractivity contribution in [2.75, 3.05) is 0 Å². The second-order valence-electron chi connectivity index (χ2n) is 7.25. The van der Waals surface area contributed by atoms with E-state index in [1.165, 1.54) is 16.7 Å². The highest BCUT2D eigenvalue weighted by Crippen LogP contribution is 2.27. The molecule has 146 valence electrons. The Hall–Kier alpha value is -2.56. The number of aryl methyl sites for hydroxylation is 3. The number of fused-ring (bicyclic) bond motifs is 1. The van der Waals surface area contributed by atoms with Gasteiger partial charge in [-0.3, -0.25) is 9.36 Å². The Morgan fingerprint density at radius 3 is 2.55 bits per heavy atom. The minimum absolute atomic E-state index is 0.0827. The lowest BCUT2D eigenvalue weighted by Crippen LogP contribution is -2.21. The molecule has 4 aromatic rings. The summed E-state index contributed by atoms with van der Waals surface area (Å²) in [5.41, 5.74) is 6.15. The molecule has 29 heavy (non-hydrogen) atoms. The van der Waals surface area contributed by atoms with Gasteiger partial charge in [-0.1, -0.05) is 59.3 Å². The summed E-state index contributed by atoms with van der Waals surface area (Å²) in [6.45, 7) is 6.22. The largest absolute Gasteiger partial charge is 0.268 e. The minimum atomic E-state index is -0.0827. The molecule has 0 aliphatic carbocycles. The summed E-state index contributed by atoms with van der Waals surface area (Å²) in [6, 6.07) is 19.6. The summed E-state index contributed by atoms with van der Waals surface area (Å²) in [7, 11) is 0. The van der Waals surface area contributed by atoms with Crippen molar-refractivity contribution in [1.82, 2.24) is 9.55 Å². The first kappa shape index (κ1) is 19.7. The third-order valence-electron chi connectivity index (χ3n) is 4.92. The van der Waals surface area contributed by atoms with Gasteiger partial charge in [-0.2, -0.15) is 0 Å². The molecule has 1 heterocycles. The van der Waals surface area contributed by atoms with Gasteiger partial charge in [-0.15, -0.1) is 0 Å². The molecular formula is C24H21ClN2OS. The predicted octanol–water partition coefficient (Wildman–Crippen LogP) is 6.26. The summed E-state index contributed by atoms with van der Waals surface area (Å²) < 4.78 is 1.71. The van der Waals surface area contributed by atoms with E-state index in [1.54, 1.807) is 34.5 Å². The fourth-order valence-electron chi connectivity index (χ4n) is 3.33. The van der Waals surface area contributed by atoms with Crippen LogP contribution in [0.15, 0.2) is 70.6 Å². The van der Waals surface area contributed by atoms with Crippen molar-refractivity contribution in [3.05, 3.63) is 98.3 Å². The summed E-state index contributed by atoms with van der Waals surface area (Å²) >= 11 is 7.72. The monoisotopic (exact) mass is 420 g/mol. The highest BCUT2D eigenvalue weighted by Gasteiger charge is 2.14. The third kappa shape index (κ3) is 4.09. The lowest BCUT2D eigenvalue weighted by atomic mass is 10.1. The second kappa shape index (κ2) is 8.05. The van der Waals surface area contributed by atoms with Gasteiger partial charge in [0.1, 0.15) is 0 Å². The Morgan fingerprint density at radius 2 is 1.76 bits per heavy atom. The summed E-state index contributed by atoms with van der Waals surface area (Å²) in [4.78, 5) is 18.2. The van der Waals surface area contributed by atoms with Crippen LogP contribution in [0.1, 0.15) is 22.3 Å². The van der Waals surface area contributed by atoms with E-state index < -0.39 is 0 Å². The summed E-state index contributed by atoms with van der Waals surface area (Å²) in [6.07, 6.45) is 0. The third-order valence-corrected chi connectivity index (χ3v) is 6.14. The maximum absolute atomic E-state index is 13.4. The number of rotatable bonds is 4. The standard InChI is InChI=1S/C24H21ClN2OS/c1-15-5-4-6-20(12-15)27-23(28)21-10-9-19(25)13-22(21)26-24(27)29-14-18-11-16(2)7-8-17(18)3/h4-13H,14H2,1-3H3. The van der Waals surface area contributed by atoms with Crippen molar-refractivity contribution < 1.29 is 0 Å². The smallest absolute Gasteiger partial charge is 0.266 e. The molecule has 0 atom stereocenters. The Balaban J connectivity index is 1.87. The number of aromatic nitrogens is 2. The molecule has 0 aliphatic rings. The molecule has 0 saturated heterocycles. The van der Waals surface area contributed by atoms with Crippen LogP contribution in [-0.2, 0) is 5.75 Å². The average molecular weight is 421 g/mol. The van der Waals surface area contributed by atoms with Crippen molar-refractivity contribution in [1.29, 1.82) is 0 Å². The van der Waals surface area contributed by atoms with Crippen LogP contribution in [0.4, 0.5) is 0 Å². The van der Waals surface area contributed by atoms with Crippen molar-refractivity contribution in [3.8, 4) is 5.69 Å². The van der Waals surface area contributed by atoms with Gasteiger partial charge < -0.3 is 0 Å². The molecule has 0 radical (unpaired) electrons. The maximum atomic E-state index is 13.4. The minimum Gasteiger partial charge on any atom is -0.268 e. The zero-order chi connectivity index (χ0) is 20.5. The Bertz CT molecular complexity index is 1280. The molecule has 3 nitrogen and oxygen atoms in total. The van der Waals surface area contributed by atoms with Crippen LogP contribution in [0.3, 0.4) is 0 Å². The predicted molar refractivity (Wildman–Crippen MR) is 123 cm³/mol.